The van der Waals surface area contributed by atoms with Crippen LogP contribution in [0.15, 0.2) is 0 Å². The van der Waals surface area contributed by atoms with E-state index < -0.39 is 0 Å². The Labute approximate surface area is 132 Å². The predicted octanol–water partition coefficient (Wildman–Crippen LogP) is 4.43. The van der Waals surface area contributed by atoms with Crippen molar-refractivity contribution in [3.63, 3.8) is 0 Å². The molecule has 0 bridgehead atoms. The first kappa shape index (κ1) is 17.3. The van der Waals surface area contributed by atoms with Crippen LogP contribution in [0.25, 0.3) is 0 Å². The first-order valence-corrected chi connectivity index (χ1v) is 9.37. The molecule has 0 spiro atoms. The highest BCUT2D eigenvalue weighted by Gasteiger charge is 2.35. The molecule has 2 atom stereocenters. The minimum atomic E-state index is 0.431. The zero-order chi connectivity index (χ0) is 15.5. The highest BCUT2D eigenvalue weighted by Crippen LogP contribution is 2.39. The quantitative estimate of drug-likeness (QED) is 0.785. The second kappa shape index (κ2) is 7.46. The molecule has 21 heavy (non-hydrogen) atoms. The summed E-state index contributed by atoms with van der Waals surface area (Å²) in [6.07, 6.45) is 10.9. The Morgan fingerprint density at radius 1 is 1.14 bits per heavy atom. The highest BCUT2D eigenvalue weighted by molar-refractivity contribution is 4.90. The monoisotopic (exact) mass is 294 g/mol. The molecule has 2 aliphatic rings. The van der Waals surface area contributed by atoms with Crippen molar-refractivity contribution in [1.29, 1.82) is 0 Å². The molecule has 0 aromatic heterocycles. The van der Waals surface area contributed by atoms with Crippen molar-refractivity contribution in [3.05, 3.63) is 0 Å². The van der Waals surface area contributed by atoms with Gasteiger partial charge in [0.1, 0.15) is 0 Å². The van der Waals surface area contributed by atoms with E-state index in [1.54, 1.807) is 0 Å². The van der Waals surface area contributed by atoms with Crippen molar-refractivity contribution in [2.45, 2.75) is 91.1 Å². The molecule has 0 amide bonds. The van der Waals surface area contributed by atoms with Gasteiger partial charge in [0.25, 0.3) is 0 Å². The predicted molar refractivity (Wildman–Crippen MR) is 92.4 cm³/mol. The average molecular weight is 295 g/mol. The van der Waals surface area contributed by atoms with Gasteiger partial charge in [-0.25, -0.2) is 0 Å². The lowest BCUT2D eigenvalue weighted by atomic mass is 9.70. The lowest BCUT2D eigenvalue weighted by Gasteiger charge is -2.42. The molecule has 0 aliphatic heterocycles. The number of hydrogen-bond acceptors (Lipinski definition) is 2. The topological polar surface area (TPSA) is 29.3 Å². The molecule has 2 nitrogen and oxygen atoms in total. The summed E-state index contributed by atoms with van der Waals surface area (Å²) in [4.78, 5) is 2.82. The minimum absolute atomic E-state index is 0.431. The smallest absolute Gasteiger partial charge is 0.00953 e. The molecule has 2 unspecified atom stereocenters. The van der Waals surface area contributed by atoms with E-state index in [2.05, 4.69) is 32.6 Å². The van der Waals surface area contributed by atoms with Gasteiger partial charge in [0.15, 0.2) is 0 Å². The van der Waals surface area contributed by atoms with E-state index in [4.69, 9.17) is 5.73 Å². The Balaban J connectivity index is 1.95. The van der Waals surface area contributed by atoms with Gasteiger partial charge in [0, 0.05) is 18.6 Å². The SMILES string of the molecule is CC(C)CCN(CC1CC(C)(C)CCC1N)C1CCCC1. The molecule has 0 aromatic carbocycles. The van der Waals surface area contributed by atoms with E-state index in [-0.39, 0.29) is 0 Å². The third-order valence-electron chi connectivity index (χ3n) is 5.88. The second-order valence-electron chi connectivity index (χ2n) is 8.95. The van der Waals surface area contributed by atoms with Crippen molar-refractivity contribution < 1.29 is 0 Å². The number of nitrogens with zero attached hydrogens (tertiary/aromatic N) is 1. The number of hydrogen-bond donors (Lipinski definition) is 1. The van der Waals surface area contributed by atoms with Gasteiger partial charge in [-0.1, -0.05) is 40.5 Å². The van der Waals surface area contributed by atoms with Gasteiger partial charge in [0.05, 0.1) is 0 Å². The van der Waals surface area contributed by atoms with Gasteiger partial charge in [-0.15, -0.1) is 0 Å². The third-order valence-corrected chi connectivity index (χ3v) is 5.88. The Morgan fingerprint density at radius 2 is 1.81 bits per heavy atom. The average Bonchev–Trinajstić information content (AvgIpc) is 2.92. The largest absolute Gasteiger partial charge is 0.327 e. The van der Waals surface area contributed by atoms with Gasteiger partial charge < -0.3 is 10.6 Å². The molecule has 2 rings (SSSR count). The summed E-state index contributed by atoms with van der Waals surface area (Å²) in [7, 11) is 0. The van der Waals surface area contributed by atoms with Crippen molar-refractivity contribution in [3.8, 4) is 0 Å². The number of rotatable bonds is 6. The van der Waals surface area contributed by atoms with Crippen LogP contribution < -0.4 is 5.73 Å². The molecule has 2 aliphatic carbocycles. The number of nitrogens with two attached hydrogens (primary N) is 1. The maximum atomic E-state index is 6.48. The van der Waals surface area contributed by atoms with E-state index in [9.17, 15) is 0 Å². The van der Waals surface area contributed by atoms with Crippen LogP contribution in [-0.2, 0) is 0 Å². The molecule has 0 heterocycles. The van der Waals surface area contributed by atoms with E-state index in [1.165, 1.54) is 64.5 Å². The van der Waals surface area contributed by atoms with E-state index >= 15 is 0 Å². The van der Waals surface area contributed by atoms with Gasteiger partial charge in [-0.3, -0.25) is 0 Å². The molecule has 2 fully saturated rings. The fraction of sp³-hybridized carbons (Fsp3) is 1.00. The maximum absolute atomic E-state index is 6.48. The first-order valence-electron chi connectivity index (χ1n) is 9.37. The Kier molecular flexibility index (Phi) is 6.14. The van der Waals surface area contributed by atoms with Crippen LogP contribution in [0.4, 0.5) is 0 Å². The van der Waals surface area contributed by atoms with Crippen LogP contribution >= 0.6 is 0 Å². The summed E-state index contributed by atoms with van der Waals surface area (Å²) in [6, 6.07) is 1.28. The van der Waals surface area contributed by atoms with Crippen LogP contribution in [0.2, 0.25) is 0 Å². The molecule has 2 heteroatoms. The van der Waals surface area contributed by atoms with Gasteiger partial charge >= 0.3 is 0 Å². The molecule has 2 N–H and O–H groups in total. The van der Waals surface area contributed by atoms with Crippen LogP contribution in [-0.4, -0.2) is 30.1 Å². The summed E-state index contributed by atoms with van der Waals surface area (Å²) in [5, 5.41) is 0. The summed E-state index contributed by atoms with van der Waals surface area (Å²) in [5.41, 5.74) is 6.98. The molecular formula is C19H38N2. The van der Waals surface area contributed by atoms with Crippen LogP contribution in [0.5, 0.6) is 0 Å². The standard InChI is InChI=1S/C19H38N2/c1-15(2)10-12-21(17-7-5-6-8-17)14-16-13-19(3,4)11-9-18(16)20/h15-18H,5-14,20H2,1-4H3. The van der Waals surface area contributed by atoms with Crippen LogP contribution in [0.1, 0.15) is 79.1 Å². The van der Waals surface area contributed by atoms with Gasteiger partial charge in [0.2, 0.25) is 0 Å². The van der Waals surface area contributed by atoms with E-state index in [0.29, 0.717) is 17.4 Å². The van der Waals surface area contributed by atoms with Gasteiger partial charge in [-0.2, -0.15) is 0 Å². The fourth-order valence-corrected chi connectivity index (χ4v) is 4.37. The Hall–Kier alpha value is -0.0800. The fourth-order valence-electron chi connectivity index (χ4n) is 4.37. The van der Waals surface area contributed by atoms with Crippen molar-refractivity contribution >= 4 is 0 Å². The van der Waals surface area contributed by atoms with E-state index in [0.717, 1.165) is 12.0 Å². The van der Waals surface area contributed by atoms with E-state index in [1.807, 2.05) is 0 Å². The molecule has 0 radical (unpaired) electrons. The normalized spacial score (nSPS) is 30.4. The lowest BCUT2D eigenvalue weighted by Crippen LogP contribution is -2.47. The summed E-state index contributed by atoms with van der Waals surface area (Å²) in [6.45, 7) is 12.1. The summed E-state index contributed by atoms with van der Waals surface area (Å²) >= 11 is 0. The van der Waals surface area contributed by atoms with Crippen molar-refractivity contribution in [1.82, 2.24) is 4.90 Å². The second-order valence-corrected chi connectivity index (χ2v) is 8.95. The minimum Gasteiger partial charge on any atom is -0.327 e. The highest BCUT2D eigenvalue weighted by atomic mass is 15.2. The van der Waals surface area contributed by atoms with Crippen molar-refractivity contribution in [2.24, 2.45) is 23.0 Å². The third kappa shape index (κ3) is 5.25. The Morgan fingerprint density at radius 3 is 2.43 bits per heavy atom. The lowest BCUT2D eigenvalue weighted by molar-refractivity contribution is 0.0905. The molecular weight excluding hydrogens is 256 g/mol. The zero-order valence-electron chi connectivity index (χ0n) is 14.9. The van der Waals surface area contributed by atoms with Crippen LogP contribution in [0, 0.1) is 17.3 Å². The molecule has 0 aromatic rings. The molecule has 2 saturated carbocycles. The maximum Gasteiger partial charge on any atom is 0.00953 e. The first-order chi connectivity index (χ1) is 9.87. The molecule has 0 saturated heterocycles. The summed E-state index contributed by atoms with van der Waals surface area (Å²) < 4.78 is 0. The Bertz CT molecular complexity index is 305. The van der Waals surface area contributed by atoms with Gasteiger partial charge in [-0.05, 0) is 62.3 Å². The summed E-state index contributed by atoms with van der Waals surface area (Å²) in [5.74, 6) is 1.52. The van der Waals surface area contributed by atoms with Crippen molar-refractivity contribution in [2.75, 3.05) is 13.1 Å². The molecule has 124 valence electrons. The van der Waals surface area contributed by atoms with Crippen LogP contribution in [0.3, 0.4) is 0 Å². The zero-order valence-corrected chi connectivity index (χ0v) is 14.9.